The number of piperazine rings is 1. The molecule has 0 spiro atoms. The monoisotopic (exact) mass is 269 g/mol. The summed E-state index contributed by atoms with van der Waals surface area (Å²) in [6, 6.07) is 0. The molecule has 0 aromatic carbocycles. The number of carbonyl (C=O) groups is 1. The van der Waals surface area contributed by atoms with E-state index < -0.39 is 0 Å². The molecule has 18 heavy (non-hydrogen) atoms. The molecule has 1 heterocycles. The first-order valence-corrected chi connectivity index (χ1v) is 7.22. The molecule has 1 amide bonds. The highest BCUT2D eigenvalue weighted by atomic mass is 32.1. The minimum absolute atomic E-state index is 0.0919. The molecule has 1 saturated carbocycles. The Kier molecular flexibility index (Phi) is 4.22. The Hall–Kier alpha value is -0.680. The first-order chi connectivity index (χ1) is 8.51. The second kappa shape index (κ2) is 5.53. The SMILES string of the molecule is CC1(C(=O)N2CCN(CC(N)=S)CC2)CCCC1. The van der Waals surface area contributed by atoms with Gasteiger partial charge in [-0.25, -0.2) is 0 Å². The van der Waals surface area contributed by atoms with Gasteiger partial charge >= 0.3 is 0 Å². The van der Waals surface area contributed by atoms with Crippen molar-refractivity contribution in [2.75, 3.05) is 32.7 Å². The molecule has 0 aromatic rings. The largest absolute Gasteiger partial charge is 0.392 e. The second-order valence-electron chi connectivity index (χ2n) is 5.80. The number of nitrogens with two attached hydrogens (primary N) is 1. The highest BCUT2D eigenvalue weighted by Crippen LogP contribution is 2.39. The molecule has 2 fully saturated rings. The lowest BCUT2D eigenvalue weighted by atomic mass is 9.87. The molecule has 1 aliphatic carbocycles. The van der Waals surface area contributed by atoms with Crippen LogP contribution in [0.4, 0.5) is 0 Å². The maximum absolute atomic E-state index is 12.5. The van der Waals surface area contributed by atoms with Gasteiger partial charge in [0.2, 0.25) is 5.91 Å². The van der Waals surface area contributed by atoms with E-state index in [9.17, 15) is 4.79 Å². The number of amides is 1. The van der Waals surface area contributed by atoms with E-state index in [-0.39, 0.29) is 5.41 Å². The van der Waals surface area contributed by atoms with Gasteiger partial charge in [0, 0.05) is 38.1 Å². The lowest BCUT2D eigenvalue weighted by molar-refractivity contribution is -0.142. The molecular formula is C13H23N3OS. The summed E-state index contributed by atoms with van der Waals surface area (Å²) in [4.78, 5) is 17.3. The smallest absolute Gasteiger partial charge is 0.228 e. The van der Waals surface area contributed by atoms with Crippen molar-refractivity contribution in [1.29, 1.82) is 0 Å². The third-order valence-corrected chi connectivity index (χ3v) is 4.39. The molecule has 0 bridgehead atoms. The molecule has 102 valence electrons. The molecule has 0 radical (unpaired) electrons. The van der Waals surface area contributed by atoms with E-state index in [0.29, 0.717) is 17.4 Å². The normalized spacial score (nSPS) is 24.2. The quantitative estimate of drug-likeness (QED) is 0.777. The van der Waals surface area contributed by atoms with Crippen molar-refractivity contribution >= 4 is 23.1 Å². The van der Waals surface area contributed by atoms with Crippen LogP contribution in [-0.4, -0.2) is 53.4 Å². The summed E-state index contributed by atoms with van der Waals surface area (Å²) in [5.74, 6) is 0.356. The number of hydrogen-bond donors (Lipinski definition) is 1. The van der Waals surface area contributed by atoms with E-state index in [0.717, 1.165) is 39.0 Å². The molecule has 2 N–H and O–H groups in total. The maximum Gasteiger partial charge on any atom is 0.228 e. The molecule has 2 rings (SSSR count). The van der Waals surface area contributed by atoms with Crippen molar-refractivity contribution in [3.63, 3.8) is 0 Å². The Labute approximate surface area is 114 Å². The summed E-state index contributed by atoms with van der Waals surface area (Å²) in [5, 5.41) is 0. The van der Waals surface area contributed by atoms with Crippen molar-refractivity contribution in [2.45, 2.75) is 32.6 Å². The van der Waals surface area contributed by atoms with Crippen LogP contribution < -0.4 is 5.73 Å². The number of hydrogen-bond acceptors (Lipinski definition) is 3. The van der Waals surface area contributed by atoms with Crippen molar-refractivity contribution in [2.24, 2.45) is 11.1 Å². The van der Waals surface area contributed by atoms with Gasteiger partial charge in [-0.3, -0.25) is 9.69 Å². The minimum atomic E-state index is -0.0919. The summed E-state index contributed by atoms with van der Waals surface area (Å²) in [7, 11) is 0. The van der Waals surface area contributed by atoms with E-state index in [1.54, 1.807) is 0 Å². The average Bonchev–Trinajstić information content (AvgIpc) is 2.77. The maximum atomic E-state index is 12.5. The fourth-order valence-electron chi connectivity index (χ4n) is 3.08. The molecule has 0 aromatic heterocycles. The number of nitrogens with zero attached hydrogens (tertiary/aromatic N) is 2. The fraction of sp³-hybridized carbons (Fsp3) is 0.846. The van der Waals surface area contributed by atoms with E-state index in [1.165, 1.54) is 12.8 Å². The predicted molar refractivity (Wildman–Crippen MR) is 76.4 cm³/mol. The van der Waals surface area contributed by atoms with Crippen molar-refractivity contribution in [1.82, 2.24) is 9.80 Å². The van der Waals surface area contributed by atoms with Gasteiger partial charge < -0.3 is 10.6 Å². The molecule has 0 unspecified atom stereocenters. The van der Waals surface area contributed by atoms with Crippen molar-refractivity contribution < 1.29 is 4.79 Å². The number of rotatable bonds is 3. The van der Waals surface area contributed by atoms with Crippen LogP contribution in [0.1, 0.15) is 32.6 Å². The summed E-state index contributed by atoms with van der Waals surface area (Å²) < 4.78 is 0. The van der Waals surface area contributed by atoms with Gasteiger partial charge in [-0.1, -0.05) is 32.0 Å². The average molecular weight is 269 g/mol. The third-order valence-electron chi connectivity index (χ3n) is 4.26. The summed E-state index contributed by atoms with van der Waals surface area (Å²) in [5.41, 5.74) is 5.46. The Morgan fingerprint density at radius 3 is 2.28 bits per heavy atom. The predicted octanol–water partition coefficient (Wildman–Crippen LogP) is 0.997. The van der Waals surface area contributed by atoms with Gasteiger partial charge in [-0.15, -0.1) is 0 Å². The molecule has 1 aliphatic heterocycles. The lowest BCUT2D eigenvalue weighted by Crippen LogP contribution is -2.53. The summed E-state index contributed by atoms with van der Waals surface area (Å²) in [6.45, 7) is 6.21. The highest BCUT2D eigenvalue weighted by molar-refractivity contribution is 7.80. The van der Waals surface area contributed by atoms with Crippen LogP contribution in [0.15, 0.2) is 0 Å². The van der Waals surface area contributed by atoms with Gasteiger partial charge in [0.1, 0.15) is 0 Å². The van der Waals surface area contributed by atoms with Gasteiger partial charge in [0.15, 0.2) is 0 Å². The summed E-state index contributed by atoms with van der Waals surface area (Å²) in [6.07, 6.45) is 4.51. The molecular weight excluding hydrogens is 246 g/mol. The standard InChI is InChI=1S/C13H23N3OS/c1-13(4-2-3-5-13)12(17)16-8-6-15(7-9-16)10-11(14)18/h2-10H2,1H3,(H2,14,18). The van der Waals surface area contributed by atoms with Gasteiger partial charge in [-0.2, -0.15) is 0 Å². The van der Waals surface area contributed by atoms with Gasteiger partial charge in [-0.05, 0) is 12.8 Å². The van der Waals surface area contributed by atoms with Crippen LogP contribution in [0.25, 0.3) is 0 Å². The van der Waals surface area contributed by atoms with Gasteiger partial charge in [0.25, 0.3) is 0 Å². The molecule has 0 atom stereocenters. The van der Waals surface area contributed by atoms with E-state index in [2.05, 4.69) is 11.8 Å². The zero-order valence-corrected chi connectivity index (χ0v) is 12.0. The van der Waals surface area contributed by atoms with Crippen molar-refractivity contribution in [3.8, 4) is 0 Å². The van der Waals surface area contributed by atoms with Crippen LogP contribution in [0, 0.1) is 5.41 Å². The molecule has 5 heteroatoms. The van der Waals surface area contributed by atoms with Crippen LogP contribution in [0.2, 0.25) is 0 Å². The van der Waals surface area contributed by atoms with Crippen LogP contribution >= 0.6 is 12.2 Å². The molecule has 2 aliphatic rings. The minimum Gasteiger partial charge on any atom is -0.392 e. The van der Waals surface area contributed by atoms with E-state index in [1.807, 2.05) is 4.90 Å². The Bertz CT molecular complexity index is 331. The van der Waals surface area contributed by atoms with Gasteiger partial charge in [0.05, 0.1) is 4.99 Å². The Morgan fingerprint density at radius 2 is 1.78 bits per heavy atom. The first-order valence-electron chi connectivity index (χ1n) is 6.81. The summed E-state index contributed by atoms with van der Waals surface area (Å²) >= 11 is 4.92. The highest BCUT2D eigenvalue weighted by Gasteiger charge is 2.39. The van der Waals surface area contributed by atoms with Crippen LogP contribution in [-0.2, 0) is 4.79 Å². The molecule has 1 saturated heterocycles. The van der Waals surface area contributed by atoms with Crippen LogP contribution in [0.3, 0.4) is 0 Å². The Balaban J connectivity index is 1.86. The van der Waals surface area contributed by atoms with Crippen LogP contribution in [0.5, 0.6) is 0 Å². The Morgan fingerprint density at radius 1 is 1.22 bits per heavy atom. The third kappa shape index (κ3) is 3.01. The second-order valence-corrected chi connectivity index (χ2v) is 6.33. The number of carbonyl (C=O) groups excluding carboxylic acids is 1. The molecule has 4 nitrogen and oxygen atoms in total. The van der Waals surface area contributed by atoms with Crippen molar-refractivity contribution in [3.05, 3.63) is 0 Å². The fourth-order valence-corrected chi connectivity index (χ4v) is 3.26. The first kappa shape index (κ1) is 13.7. The number of thiocarbonyl (C=S) groups is 1. The van der Waals surface area contributed by atoms with E-state index >= 15 is 0 Å². The lowest BCUT2D eigenvalue weighted by Gasteiger charge is -2.38. The topological polar surface area (TPSA) is 49.6 Å². The van der Waals surface area contributed by atoms with E-state index in [4.69, 9.17) is 18.0 Å². The zero-order valence-electron chi connectivity index (χ0n) is 11.2. The zero-order chi connectivity index (χ0) is 13.2.